The molecule has 0 atom stereocenters. The number of carbonyl (C=O) groups excluding carboxylic acids is 1. The highest BCUT2D eigenvalue weighted by atomic mass is 32.1. The van der Waals surface area contributed by atoms with Gasteiger partial charge in [-0.2, -0.15) is 0 Å². The number of anilines is 1. The molecule has 1 aliphatic heterocycles. The summed E-state index contributed by atoms with van der Waals surface area (Å²) >= 11 is 1.51. The van der Waals surface area contributed by atoms with Crippen molar-refractivity contribution in [2.75, 3.05) is 18.0 Å². The molecule has 0 spiro atoms. The Morgan fingerprint density at radius 1 is 1.56 bits per heavy atom. The van der Waals surface area contributed by atoms with Gasteiger partial charge in [-0.05, 0) is 18.3 Å². The van der Waals surface area contributed by atoms with Gasteiger partial charge in [0.1, 0.15) is 0 Å². The molecule has 4 heteroatoms. The molecular weight excluding hydrogens is 220 g/mol. The van der Waals surface area contributed by atoms with E-state index in [1.54, 1.807) is 13.1 Å². The molecule has 3 nitrogen and oxygen atoms in total. The van der Waals surface area contributed by atoms with Crippen molar-refractivity contribution in [3.63, 3.8) is 0 Å². The van der Waals surface area contributed by atoms with Crippen molar-refractivity contribution >= 4 is 22.3 Å². The lowest BCUT2D eigenvalue weighted by atomic mass is 9.84. The SMILES string of the molecule is CC(=O)c1cnc(N2CCCC(C)(C)C2)s1. The van der Waals surface area contributed by atoms with Crippen molar-refractivity contribution < 1.29 is 4.79 Å². The van der Waals surface area contributed by atoms with Crippen LogP contribution >= 0.6 is 11.3 Å². The monoisotopic (exact) mass is 238 g/mol. The molecular formula is C12H18N2OS. The number of piperidine rings is 1. The predicted molar refractivity (Wildman–Crippen MR) is 67.3 cm³/mol. The summed E-state index contributed by atoms with van der Waals surface area (Å²) in [5.41, 5.74) is 0.361. The quantitative estimate of drug-likeness (QED) is 0.743. The normalized spacial score (nSPS) is 19.8. The van der Waals surface area contributed by atoms with E-state index in [1.807, 2.05) is 0 Å². The topological polar surface area (TPSA) is 33.2 Å². The molecule has 0 aromatic carbocycles. The average molecular weight is 238 g/mol. The number of nitrogens with zero attached hydrogens (tertiary/aromatic N) is 2. The van der Waals surface area contributed by atoms with Crippen molar-refractivity contribution in [2.24, 2.45) is 5.41 Å². The van der Waals surface area contributed by atoms with Gasteiger partial charge in [-0.1, -0.05) is 25.2 Å². The van der Waals surface area contributed by atoms with Crippen LogP contribution in [0.2, 0.25) is 0 Å². The standard InChI is InChI=1S/C12H18N2OS/c1-9(15)10-7-13-11(16-10)14-6-4-5-12(2,3)8-14/h7H,4-6,8H2,1-3H3. The zero-order valence-electron chi connectivity index (χ0n) is 10.1. The van der Waals surface area contributed by atoms with Crippen LogP contribution in [0.1, 0.15) is 43.3 Å². The lowest BCUT2D eigenvalue weighted by Crippen LogP contribution is -2.39. The van der Waals surface area contributed by atoms with Crippen LogP contribution < -0.4 is 4.90 Å². The molecule has 0 bridgehead atoms. The zero-order valence-corrected chi connectivity index (χ0v) is 10.9. The second-order valence-corrected chi connectivity index (χ2v) is 6.26. The number of thiazole rings is 1. The first-order valence-corrected chi connectivity index (χ1v) is 6.51. The van der Waals surface area contributed by atoms with Crippen LogP contribution in [-0.4, -0.2) is 23.9 Å². The molecule has 0 saturated carbocycles. The van der Waals surface area contributed by atoms with Gasteiger partial charge in [-0.25, -0.2) is 4.98 Å². The Morgan fingerprint density at radius 2 is 2.31 bits per heavy atom. The van der Waals surface area contributed by atoms with E-state index in [0.29, 0.717) is 5.41 Å². The van der Waals surface area contributed by atoms with Gasteiger partial charge in [-0.15, -0.1) is 0 Å². The molecule has 0 unspecified atom stereocenters. The second kappa shape index (κ2) is 4.17. The van der Waals surface area contributed by atoms with E-state index < -0.39 is 0 Å². The summed E-state index contributed by atoms with van der Waals surface area (Å²) in [5.74, 6) is 0.111. The maximum atomic E-state index is 11.2. The Morgan fingerprint density at radius 3 is 2.88 bits per heavy atom. The van der Waals surface area contributed by atoms with Crippen molar-refractivity contribution in [3.8, 4) is 0 Å². The number of hydrogen-bond donors (Lipinski definition) is 0. The molecule has 0 N–H and O–H groups in total. The first-order chi connectivity index (χ1) is 7.48. The van der Waals surface area contributed by atoms with E-state index in [1.165, 1.54) is 24.2 Å². The first-order valence-electron chi connectivity index (χ1n) is 5.70. The second-order valence-electron chi connectivity index (χ2n) is 5.25. The summed E-state index contributed by atoms with van der Waals surface area (Å²) in [6.07, 6.45) is 4.18. The van der Waals surface area contributed by atoms with E-state index in [9.17, 15) is 4.79 Å². The highest BCUT2D eigenvalue weighted by molar-refractivity contribution is 7.17. The van der Waals surface area contributed by atoms with Crippen molar-refractivity contribution in [1.29, 1.82) is 0 Å². The third-order valence-electron chi connectivity index (χ3n) is 3.01. The maximum absolute atomic E-state index is 11.2. The average Bonchev–Trinajstić information content (AvgIpc) is 2.64. The molecule has 1 aliphatic rings. The molecule has 1 aromatic heterocycles. The van der Waals surface area contributed by atoms with E-state index in [-0.39, 0.29) is 5.78 Å². The molecule has 0 aliphatic carbocycles. The van der Waals surface area contributed by atoms with Crippen LogP contribution in [0.3, 0.4) is 0 Å². The van der Waals surface area contributed by atoms with E-state index in [0.717, 1.165) is 23.1 Å². The molecule has 16 heavy (non-hydrogen) atoms. The van der Waals surface area contributed by atoms with Crippen LogP contribution in [0, 0.1) is 5.41 Å². The van der Waals surface area contributed by atoms with Crippen molar-refractivity contribution in [2.45, 2.75) is 33.6 Å². The molecule has 2 heterocycles. The third-order valence-corrected chi connectivity index (χ3v) is 4.17. The van der Waals surface area contributed by atoms with Gasteiger partial charge >= 0.3 is 0 Å². The van der Waals surface area contributed by atoms with Crippen LogP contribution in [0.4, 0.5) is 5.13 Å². The van der Waals surface area contributed by atoms with Crippen LogP contribution in [0.5, 0.6) is 0 Å². The Kier molecular flexibility index (Phi) is 3.02. The molecule has 0 radical (unpaired) electrons. The minimum Gasteiger partial charge on any atom is -0.348 e. The van der Waals surface area contributed by atoms with Gasteiger partial charge < -0.3 is 4.90 Å². The summed E-state index contributed by atoms with van der Waals surface area (Å²) in [7, 11) is 0. The minimum absolute atomic E-state index is 0.111. The summed E-state index contributed by atoms with van der Waals surface area (Å²) < 4.78 is 0. The Labute approximate surface area is 100 Å². The number of carbonyl (C=O) groups is 1. The molecule has 1 fully saturated rings. The van der Waals surface area contributed by atoms with E-state index in [2.05, 4.69) is 23.7 Å². The Balaban J connectivity index is 2.14. The van der Waals surface area contributed by atoms with Crippen LogP contribution in [0.25, 0.3) is 0 Å². The van der Waals surface area contributed by atoms with E-state index >= 15 is 0 Å². The van der Waals surface area contributed by atoms with E-state index in [4.69, 9.17) is 0 Å². The first kappa shape index (κ1) is 11.6. The Bertz CT molecular complexity index is 397. The van der Waals surface area contributed by atoms with Gasteiger partial charge in [0.2, 0.25) is 0 Å². The number of ketones is 1. The van der Waals surface area contributed by atoms with Gasteiger partial charge in [0.15, 0.2) is 10.9 Å². The predicted octanol–water partition coefficient (Wildman–Crippen LogP) is 2.97. The van der Waals surface area contributed by atoms with Gasteiger partial charge in [-0.3, -0.25) is 4.79 Å². The summed E-state index contributed by atoms with van der Waals surface area (Å²) in [5, 5.41) is 0.998. The molecule has 88 valence electrons. The fourth-order valence-electron chi connectivity index (χ4n) is 2.16. The fourth-order valence-corrected chi connectivity index (χ4v) is 3.00. The highest BCUT2D eigenvalue weighted by Gasteiger charge is 2.27. The minimum atomic E-state index is 0.111. The summed E-state index contributed by atoms with van der Waals surface area (Å²) in [4.78, 5) is 18.6. The molecule has 0 amide bonds. The number of rotatable bonds is 2. The largest absolute Gasteiger partial charge is 0.348 e. The summed E-state index contributed by atoms with van der Waals surface area (Å²) in [6, 6.07) is 0. The highest BCUT2D eigenvalue weighted by Crippen LogP contribution is 2.33. The molecule has 1 aromatic rings. The van der Waals surface area contributed by atoms with Crippen LogP contribution in [0.15, 0.2) is 6.20 Å². The zero-order chi connectivity index (χ0) is 11.8. The lowest BCUT2D eigenvalue weighted by molar-refractivity contribution is 0.102. The molecule has 2 rings (SSSR count). The van der Waals surface area contributed by atoms with Gasteiger partial charge in [0.05, 0.1) is 11.1 Å². The van der Waals surface area contributed by atoms with Crippen LogP contribution in [-0.2, 0) is 0 Å². The molecule has 1 saturated heterocycles. The smallest absolute Gasteiger partial charge is 0.185 e. The van der Waals surface area contributed by atoms with Gasteiger partial charge in [0.25, 0.3) is 0 Å². The third kappa shape index (κ3) is 2.43. The number of hydrogen-bond acceptors (Lipinski definition) is 4. The Hall–Kier alpha value is -0.900. The number of aromatic nitrogens is 1. The number of Topliss-reactive ketones (excluding diaryl/α,β-unsaturated/α-hetero) is 1. The van der Waals surface area contributed by atoms with Crippen molar-refractivity contribution in [1.82, 2.24) is 4.98 Å². The fraction of sp³-hybridized carbons (Fsp3) is 0.667. The van der Waals surface area contributed by atoms with Gasteiger partial charge in [0, 0.05) is 20.0 Å². The lowest BCUT2D eigenvalue weighted by Gasteiger charge is -2.37. The van der Waals surface area contributed by atoms with Crippen molar-refractivity contribution in [3.05, 3.63) is 11.1 Å². The maximum Gasteiger partial charge on any atom is 0.185 e. The summed E-state index contributed by atoms with van der Waals surface area (Å²) in [6.45, 7) is 8.28.